The number of amides is 3. The highest BCUT2D eigenvalue weighted by Gasteiger charge is 2.38. The van der Waals surface area contributed by atoms with Crippen molar-refractivity contribution in [2.24, 2.45) is 0 Å². The van der Waals surface area contributed by atoms with Crippen LogP contribution in [-0.4, -0.2) is 37.0 Å². The number of urea groups is 1. The zero-order valence-corrected chi connectivity index (χ0v) is 16.4. The second kappa shape index (κ2) is 8.78. The number of ether oxygens (including phenoxy) is 1. The summed E-state index contributed by atoms with van der Waals surface area (Å²) in [5, 5.41) is 6.10. The summed E-state index contributed by atoms with van der Waals surface area (Å²) in [7, 11) is 1.63. The van der Waals surface area contributed by atoms with Crippen molar-refractivity contribution < 1.29 is 14.3 Å². The standard InChI is InChI=1S/C22H27N3O3/c1-17(26)24-22(19-8-10-20(28-2)11-9-19)12-14-25(15-13-22)21(27)23-16-18-6-4-3-5-7-18/h3-11H,12-16H2,1-2H3,(H,23,27)(H,24,26). The van der Waals surface area contributed by atoms with Crippen LogP contribution in [0.1, 0.15) is 30.9 Å². The summed E-state index contributed by atoms with van der Waals surface area (Å²) in [5.74, 6) is 0.706. The zero-order chi connectivity index (χ0) is 20.0. The third kappa shape index (κ3) is 4.63. The van der Waals surface area contributed by atoms with Gasteiger partial charge in [-0.15, -0.1) is 0 Å². The molecule has 1 aliphatic rings. The average Bonchev–Trinajstić information content (AvgIpc) is 2.73. The van der Waals surface area contributed by atoms with Crippen molar-refractivity contribution in [1.82, 2.24) is 15.5 Å². The SMILES string of the molecule is COc1ccc(C2(NC(C)=O)CCN(C(=O)NCc3ccccc3)CC2)cc1. The Morgan fingerprint density at radius 2 is 1.68 bits per heavy atom. The third-order valence-electron chi connectivity index (χ3n) is 5.25. The molecule has 148 valence electrons. The lowest BCUT2D eigenvalue weighted by Crippen LogP contribution is -2.55. The zero-order valence-electron chi connectivity index (χ0n) is 16.4. The van der Waals surface area contributed by atoms with Crippen molar-refractivity contribution in [2.75, 3.05) is 20.2 Å². The minimum Gasteiger partial charge on any atom is -0.497 e. The molecule has 3 amide bonds. The van der Waals surface area contributed by atoms with Crippen molar-refractivity contribution >= 4 is 11.9 Å². The topological polar surface area (TPSA) is 70.7 Å². The molecule has 6 nitrogen and oxygen atoms in total. The molecule has 6 heteroatoms. The molecule has 28 heavy (non-hydrogen) atoms. The number of likely N-dealkylation sites (tertiary alicyclic amines) is 1. The average molecular weight is 381 g/mol. The Balaban J connectivity index is 1.65. The summed E-state index contributed by atoms with van der Waals surface area (Å²) < 4.78 is 5.23. The first-order valence-corrected chi connectivity index (χ1v) is 9.52. The summed E-state index contributed by atoms with van der Waals surface area (Å²) in [4.78, 5) is 26.2. The number of rotatable bonds is 5. The van der Waals surface area contributed by atoms with E-state index in [1.165, 1.54) is 6.92 Å². The Labute approximate surface area is 165 Å². The lowest BCUT2D eigenvalue weighted by molar-refractivity contribution is -0.121. The Morgan fingerprint density at radius 3 is 2.25 bits per heavy atom. The van der Waals surface area contributed by atoms with Crippen LogP contribution in [0.15, 0.2) is 54.6 Å². The molecule has 1 fully saturated rings. The molecule has 1 heterocycles. The number of carbonyl (C=O) groups is 2. The van der Waals surface area contributed by atoms with Gasteiger partial charge in [-0.25, -0.2) is 4.79 Å². The van der Waals surface area contributed by atoms with Crippen molar-refractivity contribution in [3.63, 3.8) is 0 Å². The van der Waals surface area contributed by atoms with Crippen molar-refractivity contribution in [3.8, 4) is 5.75 Å². The van der Waals surface area contributed by atoms with E-state index in [1.54, 1.807) is 7.11 Å². The van der Waals surface area contributed by atoms with Gasteiger partial charge in [0.25, 0.3) is 0 Å². The largest absolute Gasteiger partial charge is 0.497 e. The van der Waals surface area contributed by atoms with Gasteiger partial charge in [-0.2, -0.15) is 0 Å². The molecule has 2 aromatic rings. The fourth-order valence-corrected chi connectivity index (χ4v) is 3.71. The van der Waals surface area contributed by atoms with Gasteiger partial charge in [0.2, 0.25) is 5.91 Å². The Bertz CT molecular complexity index is 798. The van der Waals surface area contributed by atoms with Gasteiger partial charge in [-0.1, -0.05) is 42.5 Å². The predicted molar refractivity (Wildman–Crippen MR) is 108 cm³/mol. The van der Waals surface area contributed by atoms with Crippen LogP contribution in [0.4, 0.5) is 4.79 Å². The van der Waals surface area contributed by atoms with Gasteiger partial charge in [-0.05, 0) is 36.1 Å². The van der Waals surface area contributed by atoms with Gasteiger partial charge >= 0.3 is 6.03 Å². The second-order valence-electron chi connectivity index (χ2n) is 7.12. The lowest BCUT2D eigenvalue weighted by atomic mass is 9.80. The predicted octanol–water partition coefficient (Wildman–Crippen LogP) is 3.03. The van der Waals surface area contributed by atoms with Crippen molar-refractivity contribution in [1.29, 1.82) is 0 Å². The summed E-state index contributed by atoms with van der Waals surface area (Å²) in [6, 6.07) is 17.5. The minimum absolute atomic E-state index is 0.0715. The molecule has 0 saturated carbocycles. The molecule has 0 spiro atoms. The molecule has 0 unspecified atom stereocenters. The maximum Gasteiger partial charge on any atom is 0.317 e. The number of benzene rings is 2. The van der Waals surface area contributed by atoms with E-state index in [0.717, 1.165) is 16.9 Å². The maximum atomic E-state index is 12.5. The molecule has 0 aliphatic carbocycles. The summed E-state index contributed by atoms with van der Waals surface area (Å²) in [5.41, 5.74) is 1.64. The first-order valence-electron chi connectivity index (χ1n) is 9.52. The number of nitrogens with one attached hydrogen (secondary N) is 2. The lowest BCUT2D eigenvalue weighted by Gasteiger charge is -2.42. The first kappa shape index (κ1) is 19.7. The van der Waals surface area contributed by atoms with Crippen LogP contribution in [0.2, 0.25) is 0 Å². The maximum absolute atomic E-state index is 12.5. The quantitative estimate of drug-likeness (QED) is 0.836. The molecule has 3 rings (SSSR count). The number of hydrogen-bond donors (Lipinski definition) is 2. The molecular weight excluding hydrogens is 354 g/mol. The van der Waals surface area contributed by atoms with Crippen molar-refractivity contribution in [3.05, 3.63) is 65.7 Å². The fraction of sp³-hybridized carbons (Fsp3) is 0.364. The van der Waals surface area contributed by atoms with Crippen molar-refractivity contribution in [2.45, 2.75) is 31.8 Å². The van der Waals surface area contributed by atoms with E-state index in [4.69, 9.17) is 4.74 Å². The van der Waals surface area contributed by atoms with Gasteiger partial charge in [-0.3, -0.25) is 4.79 Å². The van der Waals surface area contributed by atoms with Crippen LogP contribution in [0.25, 0.3) is 0 Å². The molecule has 1 saturated heterocycles. The minimum atomic E-state index is -0.464. The van der Waals surface area contributed by atoms with E-state index in [0.29, 0.717) is 32.5 Å². The fourth-order valence-electron chi connectivity index (χ4n) is 3.71. The van der Waals surface area contributed by atoms with E-state index in [9.17, 15) is 9.59 Å². The molecule has 0 aromatic heterocycles. The molecule has 0 bridgehead atoms. The van der Waals surface area contributed by atoms with Crippen LogP contribution in [0, 0.1) is 0 Å². The van der Waals surface area contributed by atoms with Gasteiger partial charge in [0, 0.05) is 26.6 Å². The Kier molecular flexibility index (Phi) is 6.19. The second-order valence-corrected chi connectivity index (χ2v) is 7.12. The van der Waals surface area contributed by atoms with E-state index >= 15 is 0 Å². The van der Waals surface area contributed by atoms with Crippen LogP contribution >= 0.6 is 0 Å². The molecule has 0 atom stereocenters. The Morgan fingerprint density at radius 1 is 1.04 bits per heavy atom. The monoisotopic (exact) mass is 381 g/mol. The van der Waals surface area contributed by atoms with Gasteiger partial charge in [0.15, 0.2) is 0 Å². The normalized spacial score (nSPS) is 15.6. The van der Waals surface area contributed by atoms with Crippen LogP contribution in [0.3, 0.4) is 0 Å². The summed E-state index contributed by atoms with van der Waals surface area (Å²) in [6.07, 6.45) is 1.33. The van der Waals surface area contributed by atoms with Gasteiger partial charge in [0.1, 0.15) is 5.75 Å². The molecular formula is C22H27N3O3. The highest BCUT2D eigenvalue weighted by molar-refractivity contribution is 5.75. The molecule has 1 aliphatic heterocycles. The van der Waals surface area contributed by atoms with E-state index in [2.05, 4.69) is 10.6 Å². The van der Waals surface area contributed by atoms with E-state index in [1.807, 2.05) is 59.5 Å². The number of carbonyl (C=O) groups excluding carboxylic acids is 2. The molecule has 2 N–H and O–H groups in total. The number of piperidine rings is 1. The van der Waals surface area contributed by atoms with Crippen LogP contribution in [0.5, 0.6) is 5.75 Å². The van der Waals surface area contributed by atoms with Gasteiger partial charge < -0.3 is 20.3 Å². The van der Waals surface area contributed by atoms with Crippen LogP contribution < -0.4 is 15.4 Å². The number of nitrogens with zero attached hydrogens (tertiary/aromatic N) is 1. The van der Waals surface area contributed by atoms with E-state index in [-0.39, 0.29) is 11.9 Å². The highest BCUT2D eigenvalue weighted by atomic mass is 16.5. The summed E-state index contributed by atoms with van der Waals surface area (Å²) in [6.45, 7) is 3.19. The van der Waals surface area contributed by atoms with Crippen LogP contribution in [-0.2, 0) is 16.9 Å². The third-order valence-corrected chi connectivity index (χ3v) is 5.25. The van der Waals surface area contributed by atoms with E-state index < -0.39 is 5.54 Å². The smallest absolute Gasteiger partial charge is 0.317 e. The number of methoxy groups -OCH3 is 1. The summed E-state index contributed by atoms with van der Waals surface area (Å²) >= 11 is 0. The molecule has 0 radical (unpaired) electrons. The Hall–Kier alpha value is -3.02. The number of hydrogen-bond acceptors (Lipinski definition) is 3. The first-order chi connectivity index (χ1) is 13.5. The van der Waals surface area contributed by atoms with Gasteiger partial charge in [0.05, 0.1) is 12.6 Å². The molecule has 2 aromatic carbocycles. The highest BCUT2D eigenvalue weighted by Crippen LogP contribution is 2.34.